The average Bonchev–Trinajstić information content (AvgIpc) is 3.01. The van der Waals surface area contributed by atoms with Crippen LogP contribution < -0.4 is 10.5 Å². The summed E-state index contributed by atoms with van der Waals surface area (Å²) in [4.78, 5) is 24.6. The highest BCUT2D eigenvalue weighted by molar-refractivity contribution is 5.88. The van der Waals surface area contributed by atoms with Crippen LogP contribution in [0.15, 0.2) is 48.5 Å². The quantitative estimate of drug-likeness (QED) is 0.841. The van der Waals surface area contributed by atoms with E-state index < -0.39 is 23.6 Å². The number of nitrogens with zero attached hydrogens (tertiary/aromatic N) is 1. The molecule has 0 bridgehead atoms. The highest BCUT2D eigenvalue weighted by Gasteiger charge is 2.50. The molecule has 2 aromatic carbocycles. The predicted octanol–water partition coefficient (Wildman–Crippen LogP) is 3.46. The third-order valence-electron chi connectivity index (χ3n) is 5.10. The number of hydrogen-bond acceptors (Lipinski definition) is 3. The fourth-order valence-corrected chi connectivity index (χ4v) is 3.48. The van der Waals surface area contributed by atoms with Crippen LogP contribution in [-0.4, -0.2) is 27.5 Å². The Balaban J connectivity index is 1.74. The monoisotopic (exact) mass is 372 g/mol. The molecule has 0 aliphatic carbocycles. The minimum Gasteiger partial charge on any atom is -0.489 e. The lowest BCUT2D eigenvalue weighted by atomic mass is 9.98. The number of primary amides is 1. The summed E-state index contributed by atoms with van der Waals surface area (Å²) >= 11 is 0. The molecule has 6 nitrogen and oxygen atoms in total. The molecule has 7 heteroatoms. The highest BCUT2D eigenvalue weighted by Crippen LogP contribution is 2.42. The molecule has 2 aromatic rings. The molecule has 2 amide bonds. The first kappa shape index (κ1) is 18.7. The third kappa shape index (κ3) is 3.58. The molecular weight excluding hydrogens is 351 g/mol. The van der Waals surface area contributed by atoms with Gasteiger partial charge in [0.1, 0.15) is 23.7 Å². The van der Waals surface area contributed by atoms with Crippen molar-refractivity contribution in [1.29, 1.82) is 0 Å². The molecule has 0 unspecified atom stereocenters. The maximum Gasteiger partial charge on any atom is 0.408 e. The number of carbonyl (C=O) groups is 2. The van der Waals surface area contributed by atoms with Crippen molar-refractivity contribution in [2.24, 2.45) is 5.73 Å². The summed E-state index contributed by atoms with van der Waals surface area (Å²) in [6.07, 6.45) is -0.315. The van der Waals surface area contributed by atoms with Gasteiger partial charge < -0.3 is 15.6 Å². The molecular formula is C20H21FN2O4. The van der Waals surface area contributed by atoms with Crippen molar-refractivity contribution in [3.63, 3.8) is 0 Å². The van der Waals surface area contributed by atoms with E-state index in [2.05, 4.69) is 0 Å². The van der Waals surface area contributed by atoms with Crippen LogP contribution in [0.3, 0.4) is 0 Å². The Kier molecular flexibility index (Phi) is 5.03. The normalized spacial score (nSPS) is 21.9. The first-order valence-electron chi connectivity index (χ1n) is 8.61. The lowest BCUT2D eigenvalue weighted by Crippen LogP contribution is -2.54. The first-order valence-corrected chi connectivity index (χ1v) is 8.61. The Hall–Kier alpha value is -3.09. The Morgan fingerprint density at radius 2 is 1.93 bits per heavy atom. The summed E-state index contributed by atoms with van der Waals surface area (Å²) in [6.45, 7) is 1.64. The van der Waals surface area contributed by atoms with Gasteiger partial charge in [0.15, 0.2) is 0 Å². The Labute approximate surface area is 156 Å². The molecule has 1 aliphatic heterocycles. The number of hydrogen-bond donors (Lipinski definition) is 2. The van der Waals surface area contributed by atoms with Crippen LogP contribution in [0.1, 0.15) is 36.9 Å². The standard InChI is InChI=1S/C20H21FN2O4/c1-20(18(22)24)11-10-17(23(20)19(25)26)13-6-8-15(9-7-13)27-12-14-4-2-3-5-16(14)21/h2-9,17H,10-12H2,1H3,(H2,22,24)(H,25,26)/t17-,20+/m0/s1. The van der Waals surface area contributed by atoms with Crippen molar-refractivity contribution in [1.82, 2.24) is 4.90 Å². The molecule has 0 radical (unpaired) electrons. The summed E-state index contributed by atoms with van der Waals surface area (Å²) in [7, 11) is 0. The van der Waals surface area contributed by atoms with Crippen LogP contribution in [0.2, 0.25) is 0 Å². The minimum absolute atomic E-state index is 0.0937. The number of ether oxygens (including phenoxy) is 1. The van der Waals surface area contributed by atoms with Crippen molar-refractivity contribution in [3.8, 4) is 5.75 Å². The van der Waals surface area contributed by atoms with Crippen LogP contribution in [0, 0.1) is 5.82 Å². The van der Waals surface area contributed by atoms with Crippen LogP contribution in [0.5, 0.6) is 5.75 Å². The summed E-state index contributed by atoms with van der Waals surface area (Å²) in [5.41, 5.74) is 5.41. The van der Waals surface area contributed by atoms with Gasteiger partial charge in [0.2, 0.25) is 5.91 Å². The SMILES string of the molecule is C[C@]1(C(N)=O)CC[C@@H](c2ccc(OCc3ccccc3F)cc2)N1C(=O)O. The van der Waals surface area contributed by atoms with Crippen molar-refractivity contribution in [2.45, 2.75) is 38.0 Å². The molecule has 1 heterocycles. The molecule has 3 N–H and O–H groups in total. The molecule has 142 valence electrons. The van der Waals surface area contributed by atoms with E-state index in [1.54, 1.807) is 49.4 Å². The number of amides is 2. The maximum absolute atomic E-state index is 13.6. The lowest BCUT2D eigenvalue weighted by Gasteiger charge is -2.33. The zero-order valence-corrected chi connectivity index (χ0v) is 14.9. The van der Waals surface area contributed by atoms with Crippen molar-refractivity contribution in [3.05, 3.63) is 65.5 Å². The van der Waals surface area contributed by atoms with Crippen LogP contribution in [0.4, 0.5) is 9.18 Å². The predicted molar refractivity (Wildman–Crippen MR) is 96.6 cm³/mol. The van der Waals surface area contributed by atoms with Gasteiger partial charge in [0, 0.05) is 5.56 Å². The summed E-state index contributed by atoms with van der Waals surface area (Å²) in [5, 5.41) is 9.58. The largest absolute Gasteiger partial charge is 0.489 e. The summed E-state index contributed by atoms with van der Waals surface area (Å²) < 4.78 is 19.2. The summed E-state index contributed by atoms with van der Waals surface area (Å²) in [6, 6.07) is 12.8. The van der Waals surface area contributed by atoms with E-state index in [1.165, 1.54) is 6.07 Å². The second-order valence-electron chi connectivity index (χ2n) is 6.79. The smallest absolute Gasteiger partial charge is 0.408 e. The van der Waals surface area contributed by atoms with Crippen molar-refractivity contribution < 1.29 is 23.8 Å². The Morgan fingerprint density at radius 1 is 1.26 bits per heavy atom. The van der Waals surface area contributed by atoms with E-state index in [0.29, 0.717) is 24.2 Å². The number of likely N-dealkylation sites (tertiary alicyclic amines) is 1. The van der Waals surface area contributed by atoms with E-state index in [1.807, 2.05) is 0 Å². The van der Waals surface area contributed by atoms with Gasteiger partial charge in [0.05, 0.1) is 6.04 Å². The third-order valence-corrected chi connectivity index (χ3v) is 5.10. The Bertz CT molecular complexity index is 855. The van der Waals surface area contributed by atoms with Gasteiger partial charge in [0.25, 0.3) is 0 Å². The van der Waals surface area contributed by atoms with Gasteiger partial charge >= 0.3 is 6.09 Å². The molecule has 2 atom stereocenters. The molecule has 27 heavy (non-hydrogen) atoms. The van der Waals surface area contributed by atoms with E-state index in [4.69, 9.17) is 10.5 Å². The number of halogens is 1. The van der Waals surface area contributed by atoms with Gasteiger partial charge in [-0.1, -0.05) is 30.3 Å². The summed E-state index contributed by atoms with van der Waals surface area (Å²) in [5.74, 6) is -0.445. The minimum atomic E-state index is -1.23. The fraction of sp³-hybridized carbons (Fsp3) is 0.300. The van der Waals surface area contributed by atoms with Gasteiger partial charge in [-0.2, -0.15) is 0 Å². The fourth-order valence-electron chi connectivity index (χ4n) is 3.48. The topological polar surface area (TPSA) is 92.9 Å². The number of nitrogens with two attached hydrogens (primary N) is 1. The molecule has 3 rings (SSSR count). The van der Waals surface area contributed by atoms with Gasteiger partial charge in [-0.05, 0) is 43.5 Å². The molecule has 1 saturated heterocycles. The highest BCUT2D eigenvalue weighted by atomic mass is 19.1. The second kappa shape index (κ2) is 7.26. The van der Waals surface area contributed by atoms with E-state index in [-0.39, 0.29) is 12.4 Å². The molecule has 0 spiro atoms. The zero-order valence-electron chi connectivity index (χ0n) is 14.9. The Morgan fingerprint density at radius 3 is 2.52 bits per heavy atom. The lowest BCUT2D eigenvalue weighted by molar-refractivity contribution is -0.127. The van der Waals surface area contributed by atoms with Crippen LogP contribution >= 0.6 is 0 Å². The number of benzene rings is 2. The molecule has 0 saturated carbocycles. The number of carbonyl (C=O) groups excluding carboxylic acids is 1. The number of carboxylic acid groups (broad SMARTS) is 1. The molecule has 0 aromatic heterocycles. The van der Waals surface area contributed by atoms with E-state index >= 15 is 0 Å². The molecule has 1 fully saturated rings. The van der Waals surface area contributed by atoms with Crippen molar-refractivity contribution in [2.75, 3.05) is 0 Å². The van der Waals surface area contributed by atoms with E-state index in [9.17, 15) is 19.1 Å². The number of rotatable bonds is 5. The van der Waals surface area contributed by atoms with E-state index in [0.717, 1.165) is 10.5 Å². The van der Waals surface area contributed by atoms with Crippen LogP contribution in [0.25, 0.3) is 0 Å². The van der Waals surface area contributed by atoms with Gasteiger partial charge in [-0.25, -0.2) is 9.18 Å². The van der Waals surface area contributed by atoms with Crippen LogP contribution in [-0.2, 0) is 11.4 Å². The van der Waals surface area contributed by atoms with Crippen molar-refractivity contribution >= 4 is 12.0 Å². The van der Waals surface area contributed by atoms with Gasteiger partial charge in [-0.3, -0.25) is 9.69 Å². The molecule has 1 aliphatic rings. The zero-order chi connectivity index (χ0) is 19.6. The second-order valence-corrected chi connectivity index (χ2v) is 6.79. The van der Waals surface area contributed by atoms with Gasteiger partial charge in [-0.15, -0.1) is 0 Å². The maximum atomic E-state index is 13.6. The first-order chi connectivity index (χ1) is 12.8. The average molecular weight is 372 g/mol.